The summed E-state index contributed by atoms with van der Waals surface area (Å²) in [4.78, 5) is 13.8. The van der Waals surface area contributed by atoms with E-state index in [0.29, 0.717) is 5.75 Å². The Bertz CT molecular complexity index is 938. The topological polar surface area (TPSA) is 32.3 Å². The van der Waals surface area contributed by atoms with Crippen LogP contribution < -0.4 is 4.72 Å². The molecule has 3 nitrogen and oxygen atoms in total. The van der Waals surface area contributed by atoms with Crippen LogP contribution in [0.2, 0.25) is 0 Å². The fourth-order valence-corrected chi connectivity index (χ4v) is 4.57. The SMILES string of the molecule is CCSN[C@@H]1[C@H](Cc2cccc(-c3ccccc3F)c2F)N(C(=O)C(C)C)CC1(F)F. The third-order valence-electron chi connectivity index (χ3n) is 5.42. The highest BCUT2D eigenvalue weighted by Gasteiger charge is 2.56. The molecule has 0 aliphatic carbocycles. The van der Waals surface area contributed by atoms with Crippen LogP contribution in [0.3, 0.4) is 0 Å². The summed E-state index contributed by atoms with van der Waals surface area (Å²) in [5.74, 6) is -4.69. The van der Waals surface area contributed by atoms with Crippen molar-refractivity contribution in [2.75, 3.05) is 12.3 Å². The number of carbonyl (C=O) groups excluding carboxylic acids is 1. The number of likely N-dealkylation sites (tertiary alicyclic amines) is 1. The molecule has 1 saturated heterocycles. The van der Waals surface area contributed by atoms with Crippen molar-refractivity contribution in [3.05, 3.63) is 59.7 Å². The van der Waals surface area contributed by atoms with Crippen LogP contribution in [0, 0.1) is 17.6 Å². The molecule has 0 bridgehead atoms. The number of hydrogen-bond donors (Lipinski definition) is 1. The highest BCUT2D eigenvalue weighted by atomic mass is 32.2. The zero-order valence-corrected chi connectivity index (χ0v) is 18.5. The minimum absolute atomic E-state index is 0.0644. The highest BCUT2D eigenvalue weighted by molar-refractivity contribution is 7.97. The summed E-state index contributed by atoms with van der Waals surface area (Å²) >= 11 is 1.14. The molecule has 168 valence electrons. The minimum Gasteiger partial charge on any atom is -0.331 e. The first-order valence-electron chi connectivity index (χ1n) is 10.2. The molecule has 1 amide bonds. The zero-order valence-electron chi connectivity index (χ0n) is 17.7. The third kappa shape index (κ3) is 4.90. The second-order valence-electron chi connectivity index (χ2n) is 7.94. The summed E-state index contributed by atoms with van der Waals surface area (Å²) in [5.41, 5.74) is 0.331. The molecule has 0 unspecified atom stereocenters. The molecule has 3 rings (SSSR count). The molecule has 1 aliphatic heterocycles. The number of nitrogens with zero attached hydrogens (tertiary/aromatic N) is 1. The summed E-state index contributed by atoms with van der Waals surface area (Å²) in [5, 5.41) is 0. The monoisotopic (exact) mass is 454 g/mol. The molecule has 0 aromatic heterocycles. The molecule has 2 aromatic rings. The minimum atomic E-state index is -3.16. The number of hydrogen-bond acceptors (Lipinski definition) is 3. The first kappa shape index (κ1) is 23.6. The lowest BCUT2D eigenvalue weighted by atomic mass is 9.95. The van der Waals surface area contributed by atoms with Gasteiger partial charge in [-0.2, -0.15) is 0 Å². The normalized spacial score (nSPS) is 20.5. The van der Waals surface area contributed by atoms with Gasteiger partial charge in [0.1, 0.15) is 17.7 Å². The van der Waals surface area contributed by atoms with Crippen LogP contribution in [0.1, 0.15) is 26.3 Å². The maximum atomic E-state index is 15.4. The van der Waals surface area contributed by atoms with E-state index in [2.05, 4.69) is 4.72 Å². The second-order valence-corrected chi connectivity index (χ2v) is 9.04. The van der Waals surface area contributed by atoms with E-state index in [9.17, 15) is 18.0 Å². The summed E-state index contributed by atoms with van der Waals surface area (Å²) < 4.78 is 62.1. The predicted molar refractivity (Wildman–Crippen MR) is 116 cm³/mol. The Morgan fingerprint density at radius 3 is 2.48 bits per heavy atom. The van der Waals surface area contributed by atoms with E-state index in [1.54, 1.807) is 26.0 Å². The number of amides is 1. The van der Waals surface area contributed by atoms with E-state index < -0.39 is 48.0 Å². The summed E-state index contributed by atoms with van der Waals surface area (Å²) in [6, 6.07) is 8.10. The van der Waals surface area contributed by atoms with Crippen LogP contribution in [0.25, 0.3) is 11.1 Å². The van der Waals surface area contributed by atoms with Crippen molar-refractivity contribution < 1.29 is 22.4 Å². The number of carbonyl (C=O) groups is 1. The Morgan fingerprint density at radius 2 is 1.84 bits per heavy atom. The van der Waals surface area contributed by atoms with Crippen molar-refractivity contribution >= 4 is 17.9 Å². The molecule has 2 atom stereocenters. The van der Waals surface area contributed by atoms with Gasteiger partial charge in [-0.25, -0.2) is 17.6 Å². The number of benzene rings is 2. The fourth-order valence-electron chi connectivity index (χ4n) is 3.89. The first-order chi connectivity index (χ1) is 14.7. The molecule has 1 N–H and O–H groups in total. The van der Waals surface area contributed by atoms with Crippen LogP contribution in [0.15, 0.2) is 42.5 Å². The molecular formula is C23H26F4N2OS. The Kier molecular flexibility index (Phi) is 7.31. The Labute approximate surface area is 184 Å². The summed E-state index contributed by atoms with van der Waals surface area (Å²) in [6.07, 6.45) is -0.107. The van der Waals surface area contributed by atoms with Gasteiger partial charge in [-0.15, -0.1) is 0 Å². The molecule has 8 heteroatoms. The molecule has 2 aromatic carbocycles. The van der Waals surface area contributed by atoms with Crippen LogP contribution in [-0.2, 0) is 11.2 Å². The first-order valence-corrected chi connectivity index (χ1v) is 11.2. The van der Waals surface area contributed by atoms with Gasteiger partial charge in [0.2, 0.25) is 5.91 Å². The predicted octanol–water partition coefficient (Wildman–Crippen LogP) is 5.30. The van der Waals surface area contributed by atoms with E-state index in [4.69, 9.17) is 0 Å². The number of nitrogens with one attached hydrogen (secondary N) is 1. The largest absolute Gasteiger partial charge is 0.331 e. The Balaban J connectivity index is 2.00. The average Bonchev–Trinajstić information content (AvgIpc) is 2.97. The van der Waals surface area contributed by atoms with E-state index in [-0.39, 0.29) is 23.1 Å². The van der Waals surface area contributed by atoms with Crippen LogP contribution in [0.4, 0.5) is 17.6 Å². The van der Waals surface area contributed by atoms with Gasteiger partial charge in [0, 0.05) is 22.8 Å². The van der Waals surface area contributed by atoms with E-state index in [1.807, 2.05) is 6.92 Å². The molecule has 31 heavy (non-hydrogen) atoms. The maximum Gasteiger partial charge on any atom is 0.283 e. The van der Waals surface area contributed by atoms with Crippen molar-refractivity contribution in [2.45, 2.75) is 45.2 Å². The lowest BCUT2D eigenvalue weighted by Crippen LogP contribution is -2.48. The van der Waals surface area contributed by atoms with E-state index >= 15 is 4.39 Å². The van der Waals surface area contributed by atoms with Gasteiger partial charge in [-0.3, -0.25) is 9.52 Å². The van der Waals surface area contributed by atoms with Gasteiger partial charge >= 0.3 is 0 Å². The molecule has 1 heterocycles. The molecular weight excluding hydrogens is 428 g/mol. The third-order valence-corrected chi connectivity index (χ3v) is 6.13. The average molecular weight is 455 g/mol. The van der Waals surface area contributed by atoms with Gasteiger partial charge in [0.15, 0.2) is 0 Å². The van der Waals surface area contributed by atoms with Gasteiger partial charge in [-0.1, -0.05) is 69.1 Å². The molecule has 0 saturated carbocycles. The number of halogens is 4. The van der Waals surface area contributed by atoms with E-state index in [1.165, 1.54) is 30.3 Å². The van der Waals surface area contributed by atoms with Crippen molar-refractivity contribution in [3.8, 4) is 11.1 Å². The maximum absolute atomic E-state index is 15.4. The number of rotatable bonds is 7. The van der Waals surface area contributed by atoms with Crippen LogP contribution >= 0.6 is 11.9 Å². The second kappa shape index (κ2) is 9.61. The van der Waals surface area contributed by atoms with Gasteiger partial charge in [-0.05, 0) is 18.1 Å². The van der Waals surface area contributed by atoms with Gasteiger partial charge < -0.3 is 4.90 Å². The van der Waals surface area contributed by atoms with Crippen molar-refractivity contribution in [1.29, 1.82) is 0 Å². The molecule has 1 aliphatic rings. The van der Waals surface area contributed by atoms with Crippen molar-refractivity contribution in [3.63, 3.8) is 0 Å². The van der Waals surface area contributed by atoms with Crippen molar-refractivity contribution in [2.24, 2.45) is 5.92 Å². The molecule has 1 fully saturated rings. The van der Waals surface area contributed by atoms with E-state index in [0.717, 1.165) is 16.8 Å². The van der Waals surface area contributed by atoms with Crippen molar-refractivity contribution in [1.82, 2.24) is 9.62 Å². The Hall–Kier alpha value is -2.06. The van der Waals surface area contributed by atoms with Crippen LogP contribution in [-0.4, -0.2) is 41.1 Å². The lowest BCUT2D eigenvalue weighted by molar-refractivity contribution is -0.136. The zero-order chi connectivity index (χ0) is 22.8. The lowest BCUT2D eigenvalue weighted by Gasteiger charge is -2.29. The summed E-state index contributed by atoms with van der Waals surface area (Å²) in [6.45, 7) is 4.41. The smallest absolute Gasteiger partial charge is 0.283 e. The van der Waals surface area contributed by atoms with Gasteiger partial charge in [0.25, 0.3) is 5.92 Å². The number of alkyl halides is 2. The quantitative estimate of drug-likeness (QED) is 0.455. The molecule has 0 spiro atoms. The van der Waals surface area contributed by atoms with Gasteiger partial charge in [0.05, 0.1) is 12.6 Å². The van der Waals surface area contributed by atoms with Crippen LogP contribution in [0.5, 0.6) is 0 Å². The standard InChI is InChI=1S/C23H26F4N2OS/c1-4-31-28-21-19(29(13-23(21,26)27)22(30)14(2)3)12-15-8-7-10-17(20(15)25)16-9-5-6-11-18(16)24/h5-11,14,19,21,28H,4,12-13H2,1-3H3/t19-,21+/m0/s1. The molecule has 0 radical (unpaired) electrons. The Morgan fingerprint density at radius 1 is 1.16 bits per heavy atom. The highest BCUT2D eigenvalue weighted by Crippen LogP contribution is 2.37. The summed E-state index contributed by atoms with van der Waals surface area (Å²) in [7, 11) is 0. The fraction of sp³-hybridized carbons (Fsp3) is 0.435.